The predicted octanol–water partition coefficient (Wildman–Crippen LogP) is 0.778. The molecule has 134 valence electrons. The fourth-order valence-corrected chi connectivity index (χ4v) is 3.12. The Kier molecular flexibility index (Phi) is 5.03. The van der Waals surface area contributed by atoms with Crippen molar-refractivity contribution in [1.82, 2.24) is 15.1 Å². The number of benzene rings is 1. The number of nitrogens with zero attached hydrogens (tertiary/aromatic N) is 2. The Hall–Kier alpha value is -2.41. The van der Waals surface area contributed by atoms with Crippen molar-refractivity contribution in [3.05, 3.63) is 29.3 Å². The van der Waals surface area contributed by atoms with Crippen LogP contribution in [0, 0.1) is 0 Å². The van der Waals surface area contributed by atoms with E-state index in [0.29, 0.717) is 25.1 Å². The van der Waals surface area contributed by atoms with E-state index in [2.05, 4.69) is 17.1 Å². The first-order valence-electron chi connectivity index (χ1n) is 8.58. The zero-order chi connectivity index (χ0) is 18.0. The molecular weight excluding hydrogens is 322 g/mol. The highest BCUT2D eigenvalue weighted by molar-refractivity contribution is 6.05. The van der Waals surface area contributed by atoms with Crippen molar-refractivity contribution < 1.29 is 19.1 Å². The van der Waals surface area contributed by atoms with Crippen LogP contribution in [0.3, 0.4) is 0 Å². The van der Waals surface area contributed by atoms with Crippen molar-refractivity contribution in [1.29, 1.82) is 0 Å². The summed E-state index contributed by atoms with van der Waals surface area (Å²) in [6, 6.07) is 4.82. The van der Waals surface area contributed by atoms with Gasteiger partial charge in [0.15, 0.2) is 0 Å². The third-order valence-corrected chi connectivity index (χ3v) is 4.78. The van der Waals surface area contributed by atoms with Gasteiger partial charge in [-0.1, -0.05) is 6.92 Å². The number of hydrogen-bond donors (Lipinski definition) is 1. The Bertz CT molecular complexity index is 704. The second kappa shape index (κ2) is 7.23. The van der Waals surface area contributed by atoms with Gasteiger partial charge in [-0.2, -0.15) is 0 Å². The first-order valence-corrected chi connectivity index (χ1v) is 8.58. The molecular formula is C18H23N3O4. The van der Waals surface area contributed by atoms with Gasteiger partial charge >= 0.3 is 0 Å². The highest BCUT2D eigenvalue weighted by atomic mass is 16.5. The highest BCUT2D eigenvalue weighted by Gasteiger charge is 2.39. The van der Waals surface area contributed by atoms with Gasteiger partial charge < -0.3 is 14.5 Å². The SMILES string of the molecule is CCN(C)CCOc1ccc2c(c1)CN(C1CCC(=O)NC1=O)C2=O. The molecule has 0 aromatic heterocycles. The molecule has 2 heterocycles. The molecule has 1 saturated heterocycles. The third kappa shape index (κ3) is 3.66. The van der Waals surface area contributed by atoms with Crippen LogP contribution in [0.4, 0.5) is 0 Å². The maximum absolute atomic E-state index is 12.6. The molecule has 1 unspecified atom stereocenters. The van der Waals surface area contributed by atoms with Gasteiger partial charge in [0, 0.05) is 25.1 Å². The third-order valence-electron chi connectivity index (χ3n) is 4.78. The smallest absolute Gasteiger partial charge is 0.255 e. The quantitative estimate of drug-likeness (QED) is 0.771. The summed E-state index contributed by atoms with van der Waals surface area (Å²) in [5.41, 5.74) is 1.46. The number of ether oxygens (including phenoxy) is 1. The number of rotatable bonds is 6. The largest absolute Gasteiger partial charge is 0.492 e. The van der Waals surface area contributed by atoms with E-state index < -0.39 is 11.9 Å². The molecule has 0 aliphatic carbocycles. The van der Waals surface area contributed by atoms with E-state index >= 15 is 0 Å². The van der Waals surface area contributed by atoms with Crippen LogP contribution in [0.2, 0.25) is 0 Å². The van der Waals surface area contributed by atoms with Crippen molar-refractivity contribution in [3.8, 4) is 5.75 Å². The number of likely N-dealkylation sites (N-methyl/N-ethyl adjacent to an activating group) is 1. The van der Waals surface area contributed by atoms with Crippen LogP contribution in [0.1, 0.15) is 35.7 Å². The van der Waals surface area contributed by atoms with Gasteiger partial charge in [-0.25, -0.2) is 0 Å². The van der Waals surface area contributed by atoms with Crippen LogP contribution in [-0.2, 0) is 16.1 Å². The lowest BCUT2D eigenvalue weighted by Crippen LogP contribution is -2.52. The van der Waals surface area contributed by atoms with Gasteiger partial charge in [0.2, 0.25) is 11.8 Å². The lowest BCUT2D eigenvalue weighted by atomic mass is 10.0. The van der Waals surface area contributed by atoms with Crippen LogP contribution >= 0.6 is 0 Å². The number of piperidine rings is 1. The Morgan fingerprint density at radius 1 is 1.32 bits per heavy atom. The Labute approximate surface area is 146 Å². The standard InChI is InChI=1S/C18H23N3O4/c1-3-20(2)8-9-25-13-4-5-14-12(10-13)11-21(18(14)24)15-6-7-16(22)19-17(15)23/h4-5,10,15H,3,6-9,11H2,1-2H3,(H,19,22,23). The summed E-state index contributed by atoms with van der Waals surface area (Å²) in [6.45, 7) is 4.82. The number of fused-ring (bicyclic) bond motifs is 1. The molecule has 1 aromatic carbocycles. The molecule has 25 heavy (non-hydrogen) atoms. The molecule has 3 rings (SSSR count). The van der Waals surface area contributed by atoms with E-state index in [1.165, 1.54) is 0 Å². The summed E-state index contributed by atoms with van der Waals surface area (Å²) < 4.78 is 5.76. The van der Waals surface area contributed by atoms with Crippen molar-refractivity contribution in [2.45, 2.75) is 32.4 Å². The fourth-order valence-electron chi connectivity index (χ4n) is 3.12. The van der Waals surface area contributed by atoms with E-state index in [4.69, 9.17) is 4.74 Å². The van der Waals surface area contributed by atoms with Crippen molar-refractivity contribution in [3.63, 3.8) is 0 Å². The Morgan fingerprint density at radius 3 is 2.84 bits per heavy atom. The van der Waals surface area contributed by atoms with E-state index in [-0.39, 0.29) is 18.2 Å². The highest BCUT2D eigenvalue weighted by Crippen LogP contribution is 2.30. The molecule has 1 fully saturated rings. The Balaban J connectivity index is 1.67. The topological polar surface area (TPSA) is 79.0 Å². The molecule has 7 heteroatoms. The summed E-state index contributed by atoms with van der Waals surface area (Å²) >= 11 is 0. The maximum atomic E-state index is 12.6. The molecule has 0 saturated carbocycles. The summed E-state index contributed by atoms with van der Waals surface area (Å²) in [6.07, 6.45) is 0.632. The minimum atomic E-state index is -0.583. The van der Waals surface area contributed by atoms with Gasteiger partial charge in [-0.3, -0.25) is 19.7 Å². The van der Waals surface area contributed by atoms with Crippen LogP contribution in [0.25, 0.3) is 0 Å². The molecule has 0 spiro atoms. The minimum Gasteiger partial charge on any atom is -0.492 e. The van der Waals surface area contributed by atoms with Crippen molar-refractivity contribution >= 4 is 17.7 Å². The number of hydrogen-bond acceptors (Lipinski definition) is 5. The lowest BCUT2D eigenvalue weighted by Gasteiger charge is -2.29. The first-order chi connectivity index (χ1) is 12.0. The summed E-state index contributed by atoms with van der Waals surface area (Å²) in [4.78, 5) is 39.6. The molecule has 2 aliphatic heterocycles. The van der Waals surface area contributed by atoms with E-state index in [0.717, 1.165) is 24.4 Å². The number of nitrogens with one attached hydrogen (secondary N) is 1. The molecule has 1 aromatic rings. The summed E-state index contributed by atoms with van der Waals surface area (Å²) in [5, 5.41) is 2.31. The maximum Gasteiger partial charge on any atom is 0.255 e. The van der Waals surface area contributed by atoms with E-state index in [9.17, 15) is 14.4 Å². The molecule has 0 bridgehead atoms. The van der Waals surface area contributed by atoms with Gasteiger partial charge in [0.25, 0.3) is 5.91 Å². The Morgan fingerprint density at radius 2 is 2.12 bits per heavy atom. The summed E-state index contributed by atoms with van der Waals surface area (Å²) in [7, 11) is 2.03. The average Bonchev–Trinajstić information content (AvgIpc) is 2.91. The average molecular weight is 345 g/mol. The van der Waals surface area contributed by atoms with Gasteiger partial charge in [0.05, 0.1) is 0 Å². The molecule has 1 N–H and O–H groups in total. The number of imide groups is 1. The molecule has 2 aliphatic rings. The fraction of sp³-hybridized carbons (Fsp3) is 0.500. The van der Waals surface area contributed by atoms with Gasteiger partial charge in [-0.15, -0.1) is 0 Å². The molecule has 1 atom stereocenters. The van der Waals surface area contributed by atoms with Crippen LogP contribution in [0.5, 0.6) is 5.75 Å². The zero-order valence-electron chi connectivity index (χ0n) is 14.6. The molecule has 0 radical (unpaired) electrons. The number of carbonyl (C=O) groups excluding carboxylic acids is 3. The lowest BCUT2D eigenvalue weighted by molar-refractivity contribution is -0.136. The summed E-state index contributed by atoms with van der Waals surface area (Å²) in [5.74, 6) is -0.113. The van der Waals surface area contributed by atoms with Crippen molar-refractivity contribution in [2.24, 2.45) is 0 Å². The van der Waals surface area contributed by atoms with Gasteiger partial charge in [-0.05, 0) is 43.8 Å². The zero-order valence-corrected chi connectivity index (χ0v) is 14.6. The normalized spacial score (nSPS) is 20.0. The van der Waals surface area contributed by atoms with Gasteiger partial charge in [0.1, 0.15) is 18.4 Å². The molecule has 7 nitrogen and oxygen atoms in total. The number of amides is 3. The molecule has 3 amide bonds. The van der Waals surface area contributed by atoms with Crippen LogP contribution in [0.15, 0.2) is 18.2 Å². The monoisotopic (exact) mass is 345 g/mol. The number of carbonyl (C=O) groups is 3. The predicted molar refractivity (Wildman–Crippen MR) is 91.2 cm³/mol. The van der Waals surface area contributed by atoms with Crippen LogP contribution in [-0.4, -0.2) is 60.3 Å². The first kappa shape index (κ1) is 17.4. The second-order valence-electron chi connectivity index (χ2n) is 6.46. The van der Waals surface area contributed by atoms with Crippen molar-refractivity contribution in [2.75, 3.05) is 26.7 Å². The van der Waals surface area contributed by atoms with Crippen LogP contribution < -0.4 is 10.1 Å². The van der Waals surface area contributed by atoms with E-state index in [1.807, 2.05) is 13.1 Å². The minimum absolute atomic E-state index is 0.165. The second-order valence-corrected chi connectivity index (χ2v) is 6.46. The van der Waals surface area contributed by atoms with E-state index in [1.54, 1.807) is 17.0 Å².